The Morgan fingerprint density at radius 3 is 3.14 bits per heavy atom. The summed E-state index contributed by atoms with van der Waals surface area (Å²) < 4.78 is 8.49. The Balaban J connectivity index is 2.84. The second-order valence-corrected chi connectivity index (χ2v) is 1.20. The van der Waals surface area contributed by atoms with Gasteiger partial charge in [0.05, 0.1) is 0 Å². The highest BCUT2D eigenvalue weighted by Crippen LogP contribution is 1.74. The monoisotopic (exact) mass is 98.1 g/mol. The van der Waals surface area contributed by atoms with Crippen molar-refractivity contribution in [2.45, 2.75) is 13.5 Å². The molecule has 0 aromatic carbocycles. The summed E-state index contributed by atoms with van der Waals surface area (Å²) in [5.41, 5.74) is 0. The molecule has 1 heterocycles. The van der Waals surface area contributed by atoms with Crippen LogP contribution >= 0.6 is 0 Å². The summed E-state index contributed by atoms with van der Waals surface area (Å²) in [6.07, 6.45) is 1.63. The number of hydrogen-bond acceptors (Lipinski definition) is 2. The molecule has 0 N–H and O–H groups in total. The second-order valence-electron chi connectivity index (χ2n) is 1.20. The largest absolute Gasteiger partial charge is 0.253 e. The molecule has 0 aliphatic heterocycles. The van der Waals surface area contributed by atoms with Crippen molar-refractivity contribution in [1.82, 2.24) is 14.8 Å². The van der Waals surface area contributed by atoms with Crippen molar-refractivity contribution in [2.24, 2.45) is 0 Å². The molecule has 0 aliphatic rings. The van der Waals surface area contributed by atoms with Gasteiger partial charge in [0.15, 0.2) is 0 Å². The van der Waals surface area contributed by atoms with Crippen LogP contribution in [0.15, 0.2) is 12.6 Å². The molecule has 0 fully saturated rings. The van der Waals surface area contributed by atoms with Gasteiger partial charge in [0.1, 0.15) is 14.0 Å². The topological polar surface area (TPSA) is 30.7 Å². The number of nitrogens with zero attached hydrogens (tertiary/aromatic N) is 3. The fourth-order valence-corrected chi connectivity index (χ4v) is 0.354. The molecule has 0 saturated carbocycles. The lowest BCUT2D eigenvalue weighted by atomic mass is 10.8. The third-order valence-electron chi connectivity index (χ3n) is 0.746. The van der Waals surface area contributed by atoms with Crippen molar-refractivity contribution >= 4 is 0 Å². The zero-order valence-corrected chi connectivity index (χ0v) is 4.13. The summed E-state index contributed by atoms with van der Waals surface area (Å²) in [7, 11) is 0. The lowest BCUT2D eigenvalue weighted by Crippen LogP contribution is -1.91. The molecule has 1 aromatic heterocycles. The van der Waals surface area contributed by atoms with E-state index in [4.69, 9.17) is 1.37 Å². The minimum atomic E-state index is 0.0897. The van der Waals surface area contributed by atoms with Crippen molar-refractivity contribution in [3.8, 4) is 0 Å². The Morgan fingerprint density at radius 2 is 2.86 bits per heavy atom. The smallest absolute Gasteiger partial charge is 0.137 e. The highest BCUT2D eigenvalue weighted by molar-refractivity contribution is 4.52. The van der Waals surface area contributed by atoms with Crippen LogP contribution in [0.3, 0.4) is 0 Å². The zero-order chi connectivity index (χ0) is 5.98. The van der Waals surface area contributed by atoms with Crippen molar-refractivity contribution < 1.29 is 1.37 Å². The van der Waals surface area contributed by atoms with Crippen LogP contribution in [0.1, 0.15) is 8.29 Å². The molecule has 1 aromatic rings. The first kappa shape index (κ1) is 3.18. The molecule has 0 radical (unpaired) electrons. The molecule has 3 nitrogen and oxygen atoms in total. The van der Waals surface area contributed by atoms with Crippen molar-refractivity contribution in [3.63, 3.8) is 0 Å². The second kappa shape index (κ2) is 1.73. The number of rotatable bonds is 1. The Labute approximate surface area is 43.4 Å². The molecule has 0 aliphatic carbocycles. The number of aromatic nitrogens is 3. The van der Waals surface area contributed by atoms with E-state index in [9.17, 15) is 0 Å². The standard InChI is InChI=1S/C4H7N3/c1-2-7-4-5-3-6-7/h3-4H,2H2,1H3/i3D. The highest BCUT2D eigenvalue weighted by atomic mass is 15.3. The fraction of sp³-hybridized carbons (Fsp3) is 0.500. The summed E-state index contributed by atoms with van der Waals surface area (Å²) in [5, 5.41) is 3.70. The van der Waals surface area contributed by atoms with E-state index in [0.717, 1.165) is 6.54 Å². The van der Waals surface area contributed by atoms with Crippen LogP contribution in [0.2, 0.25) is 0 Å². The van der Waals surface area contributed by atoms with Crippen LogP contribution in [0.25, 0.3) is 0 Å². The van der Waals surface area contributed by atoms with Gasteiger partial charge >= 0.3 is 0 Å². The van der Waals surface area contributed by atoms with Crippen LogP contribution < -0.4 is 0 Å². The van der Waals surface area contributed by atoms with Crippen LogP contribution in [-0.2, 0) is 6.54 Å². The molecule has 0 amide bonds. The van der Waals surface area contributed by atoms with E-state index in [1.165, 1.54) is 0 Å². The fourth-order valence-electron chi connectivity index (χ4n) is 0.354. The van der Waals surface area contributed by atoms with Crippen LogP contribution in [0.5, 0.6) is 0 Å². The summed E-state index contributed by atoms with van der Waals surface area (Å²) in [6.45, 7) is 2.74. The lowest BCUT2D eigenvalue weighted by molar-refractivity contribution is 0.658. The Hall–Kier alpha value is -0.860. The van der Waals surface area contributed by atoms with E-state index in [2.05, 4.69) is 10.1 Å². The molecule has 0 saturated heterocycles. The maximum Gasteiger partial charge on any atom is 0.137 e. The quantitative estimate of drug-likeness (QED) is 0.505. The first-order valence-electron chi connectivity index (χ1n) is 2.69. The Bertz CT molecular complexity index is 172. The molecule has 0 atom stereocenters. The SMILES string of the molecule is [2H]c1ncn(CC)n1. The van der Waals surface area contributed by atoms with Gasteiger partial charge in [0.25, 0.3) is 0 Å². The molecular weight excluding hydrogens is 90.1 g/mol. The van der Waals surface area contributed by atoms with Crippen molar-refractivity contribution in [3.05, 3.63) is 12.6 Å². The first-order chi connectivity index (χ1) is 3.83. The van der Waals surface area contributed by atoms with Gasteiger partial charge in [-0.15, -0.1) is 0 Å². The average Bonchev–Trinajstić information content (AvgIpc) is 2.14. The molecule has 0 bridgehead atoms. The molecule has 38 valence electrons. The number of aryl methyl sites for hydroxylation is 1. The van der Waals surface area contributed by atoms with Crippen LogP contribution in [-0.4, -0.2) is 14.8 Å². The van der Waals surface area contributed by atoms with E-state index in [1.54, 1.807) is 11.0 Å². The highest BCUT2D eigenvalue weighted by Gasteiger charge is 1.78. The molecule has 7 heavy (non-hydrogen) atoms. The van der Waals surface area contributed by atoms with Gasteiger partial charge < -0.3 is 0 Å². The molecule has 3 heteroatoms. The van der Waals surface area contributed by atoms with Gasteiger partial charge in [0, 0.05) is 6.54 Å². The minimum absolute atomic E-state index is 0.0897. The predicted octanol–water partition coefficient (Wildman–Crippen LogP) is 0.298. The minimum Gasteiger partial charge on any atom is -0.253 e. The third kappa shape index (κ3) is 0.765. The van der Waals surface area contributed by atoms with Crippen LogP contribution in [0, 0.1) is 0 Å². The van der Waals surface area contributed by atoms with E-state index in [-0.39, 0.29) is 6.30 Å². The molecule has 0 unspecified atom stereocenters. The number of hydrogen-bond donors (Lipinski definition) is 0. The zero-order valence-electron chi connectivity index (χ0n) is 5.13. The van der Waals surface area contributed by atoms with Gasteiger partial charge in [-0.1, -0.05) is 0 Å². The van der Waals surface area contributed by atoms with Gasteiger partial charge in [0.2, 0.25) is 0 Å². The van der Waals surface area contributed by atoms with Gasteiger partial charge in [-0.3, -0.25) is 4.68 Å². The summed E-state index contributed by atoms with van der Waals surface area (Å²) in [6, 6.07) is 0. The molecular formula is C4H7N3. The lowest BCUT2D eigenvalue weighted by Gasteiger charge is -1.85. The third-order valence-corrected chi connectivity index (χ3v) is 0.746. The van der Waals surface area contributed by atoms with E-state index < -0.39 is 0 Å². The van der Waals surface area contributed by atoms with E-state index >= 15 is 0 Å². The summed E-state index contributed by atoms with van der Waals surface area (Å²) in [5.74, 6) is 0. The maximum atomic E-state index is 6.88. The van der Waals surface area contributed by atoms with E-state index in [1.807, 2.05) is 6.92 Å². The van der Waals surface area contributed by atoms with Crippen LogP contribution in [0.4, 0.5) is 0 Å². The molecule has 0 spiro atoms. The van der Waals surface area contributed by atoms with Gasteiger partial charge in [-0.25, -0.2) is 4.98 Å². The Kier molecular flexibility index (Phi) is 0.786. The van der Waals surface area contributed by atoms with Gasteiger partial charge in [-0.2, -0.15) is 5.10 Å². The normalized spacial score (nSPS) is 11.3. The average molecular weight is 98.1 g/mol. The predicted molar refractivity (Wildman–Crippen MR) is 25.7 cm³/mol. The Morgan fingerprint density at radius 1 is 2.00 bits per heavy atom. The maximum absolute atomic E-state index is 6.88. The first-order valence-corrected chi connectivity index (χ1v) is 2.19. The summed E-state index contributed by atoms with van der Waals surface area (Å²) in [4.78, 5) is 3.61. The van der Waals surface area contributed by atoms with Crippen molar-refractivity contribution in [1.29, 1.82) is 0 Å². The van der Waals surface area contributed by atoms with E-state index in [0.29, 0.717) is 0 Å². The summed E-state index contributed by atoms with van der Waals surface area (Å²) >= 11 is 0. The van der Waals surface area contributed by atoms with Crippen molar-refractivity contribution in [2.75, 3.05) is 0 Å². The van der Waals surface area contributed by atoms with Gasteiger partial charge in [-0.05, 0) is 6.92 Å². The molecule has 1 rings (SSSR count).